The molecule has 1 aliphatic rings. The van der Waals surface area contributed by atoms with Crippen LogP contribution in [-0.2, 0) is 0 Å². The average molecular weight is 260 g/mol. The second-order valence-electron chi connectivity index (χ2n) is 4.38. The molecule has 0 unspecified atom stereocenters. The van der Waals surface area contributed by atoms with Gasteiger partial charge in [-0.15, -0.1) is 11.3 Å². The van der Waals surface area contributed by atoms with E-state index in [9.17, 15) is 0 Å². The Morgan fingerprint density at radius 3 is 2.72 bits per heavy atom. The van der Waals surface area contributed by atoms with Crippen molar-refractivity contribution in [2.45, 2.75) is 12.8 Å². The van der Waals surface area contributed by atoms with Crippen molar-refractivity contribution in [1.82, 2.24) is 10.3 Å². The van der Waals surface area contributed by atoms with E-state index in [0.29, 0.717) is 12.5 Å². The number of aromatic nitrogens is 1. The van der Waals surface area contributed by atoms with Crippen molar-refractivity contribution in [2.75, 3.05) is 19.7 Å². The lowest BCUT2D eigenvalue weighted by Gasteiger charge is -2.24. The molecule has 0 bridgehead atoms. The van der Waals surface area contributed by atoms with Gasteiger partial charge in [-0.1, -0.05) is 0 Å². The minimum absolute atomic E-state index is 0.617. The Bertz CT molecular complexity index is 517. The summed E-state index contributed by atoms with van der Waals surface area (Å²) in [6.45, 7) is 4.83. The molecule has 4 heteroatoms. The zero-order valence-corrected chi connectivity index (χ0v) is 11.2. The standard InChI is InChI=1S/C14H16N2OS/c1-2-17-12-5-3-10(4-6-12)13-9-18-14(16-13)11-7-15-8-11/h3-6,9,11,15H,2,7-8H2,1H3. The van der Waals surface area contributed by atoms with E-state index in [-0.39, 0.29) is 0 Å². The van der Waals surface area contributed by atoms with E-state index < -0.39 is 0 Å². The monoisotopic (exact) mass is 260 g/mol. The lowest BCUT2D eigenvalue weighted by atomic mass is 10.1. The Morgan fingerprint density at radius 2 is 2.11 bits per heavy atom. The second kappa shape index (κ2) is 5.08. The van der Waals surface area contributed by atoms with E-state index in [4.69, 9.17) is 9.72 Å². The smallest absolute Gasteiger partial charge is 0.119 e. The molecule has 0 radical (unpaired) electrons. The first-order valence-electron chi connectivity index (χ1n) is 6.26. The molecule has 1 N–H and O–H groups in total. The van der Waals surface area contributed by atoms with E-state index >= 15 is 0 Å². The van der Waals surface area contributed by atoms with Gasteiger partial charge in [0.1, 0.15) is 5.75 Å². The zero-order chi connectivity index (χ0) is 12.4. The first-order valence-corrected chi connectivity index (χ1v) is 7.14. The Kier molecular flexibility index (Phi) is 3.30. The molecule has 1 aromatic heterocycles. The van der Waals surface area contributed by atoms with Crippen LogP contribution in [0.2, 0.25) is 0 Å². The molecule has 1 aromatic carbocycles. The van der Waals surface area contributed by atoms with Gasteiger partial charge in [0.25, 0.3) is 0 Å². The third-order valence-electron chi connectivity index (χ3n) is 3.11. The number of thiazole rings is 1. The molecule has 1 fully saturated rings. The summed E-state index contributed by atoms with van der Waals surface area (Å²) in [5.74, 6) is 1.53. The highest BCUT2D eigenvalue weighted by Gasteiger charge is 2.22. The van der Waals surface area contributed by atoms with Crippen LogP contribution in [0.25, 0.3) is 11.3 Å². The minimum atomic E-state index is 0.617. The van der Waals surface area contributed by atoms with Crippen LogP contribution in [0.3, 0.4) is 0 Å². The van der Waals surface area contributed by atoms with Crippen molar-refractivity contribution in [3.63, 3.8) is 0 Å². The molecular formula is C14H16N2OS. The molecule has 18 heavy (non-hydrogen) atoms. The predicted molar refractivity (Wildman–Crippen MR) is 74.3 cm³/mol. The highest BCUT2D eigenvalue weighted by atomic mass is 32.1. The molecular weight excluding hydrogens is 244 g/mol. The Labute approximate surface area is 111 Å². The maximum Gasteiger partial charge on any atom is 0.119 e. The van der Waals surface area contributed by atoms with Crippen LogP contribution >= 0.6 is 11.3 Å². The number of ether oxygens (including phenoxy) is 1. The molecule has 0 spiro atoms. The van der Waals surface area contributed by atoms with Crippen LogP contribution in [-0.4, -0.2) is 24.7 Å². The molecule has 1 saturated heterocycles. The van der Waals surface area contributed by atoms with Crippen LogP contribution in [0.15, 0.2) is 29.6 Å². The molecule has 3 nitrogen and oxygen atoms in total. The van der Waals surface area contributed by atoms with Crippen LogP contribution in [0.5, 0.6) is 5.75 Å². The van der Waals surface area contributed by atoms with Gasteiger partial charge >= 0.3 is 0 Å². The lowest BCUT2D eigenvalue weighted by Crippen LogP contribution is -2.39. The fourth-order valence-electron chi connectivity index (χ4n) is 1.96. The van der Waals surface area contributed by atoms with E-state index in [1.165, 1.54) is 5.01 Å². The molecule has 0 aliphatic carbocycles. The van der Waals surface area contributed by atoms with Gasteiger partial charge in [-0.3, -0.25) is 0 Å². The highest BCUT2D eigenvalue weighted by molar-refractivity contribution is 7.10. The van der Waals surface area contributed by atoms with E-state index in [0.717, 1.165) is 30.1 Å². The van der Waals surface area contributed by atoms with Gasteiger partial charge in [0, 0.05) is 30.0 Å². The minimum Gasteiger partial charge on any atom is -0.494 e. The summed E-state index contributed by atoms with van der Waals surface area (Å²) in [5, 5.41) is 6.67. The van der Waals surface area contributed by atoms with Crippen molar-refractivity contribution >= 4 is 11.3 Å². The van der Waals surface area contributed by atoms with Crippen molar-refractivity contribution < 1.29 is 4.74 Å². The summed E-state index contributed by atoms with van der Waals surface area (Å²) < 4.78 is 5.44. The number of hydrogen-bond acceptors (Lipinski definition) is 4. The number of rotatable bonds is 4. The Morgan fingerprint density at radius 1 is 1.33 bits per heavy atom. The second-order valence-corrected chi connectivity index (χ2v) is 5.27. The molecule has 2 aromatic rings. The SMILES string of the molecule is CCOc1ccc(-c2csc(C3CNC3)n2)cc1. The van der Waals surface area contributed by atoms with E-state index in [1.54, 1.807) is 11.3 Å². The van der Waals surface area contributed by atoms with Gasteiger partial charge in [0.2, 0.25) is 0 Å². The topological polar surface area (TPSA) is 34.1 Å². The van der Waals surface area contributed by atoms with Gasteiger partial charge in [-0.2, -0.15) is 0 Å². The maximum atomic E-state index is 5.44. The zero-order valence-electron chi connectivity index (χ0n) is 10.3. The van der Waals surface area contributed by atoms with Crippen LogP contribution in [0.1, 0.15) is 17.8 Å². The quantitative estimate of drug-likeness (QED) is 0.918. The molecule has 3 rings (SSSR count). The summed E-state index contributed by atoms with van der Waals surface area (Å²) in [4.78, 5) is 4.72. The number of benzene rings is 1. The van der Waals surface area contributed by atoms with Gasteiger partial charge in [0.05, 0.1) is 17.3 Å². The van der Waals surface area contributed by atoms with Gasteiger partial charge < -0.3 is 10.1 Å². The first kappa shape index (κ1) is 11.7. The summed E-state index contributed by atoms with van der Waals surface area (Å²) in [7, 11) is 0. The summed E-state index contributed by atoms with van der Waals surface area (Å²) in [5.41, 5.74) is 2.23. The van der Waals surface area contributed by atoms with Gasteiger partial charge in [-0.05, 0) is 31.2 Å². The molecule has 2 heterocycles. The highest BCUT2D eigenvalue weighted by Crippen LogP contribution is 2.29. The average Bonchev–Trinajstić information content (AvgIpc) is 2.77. The molecule has 94 valence electrons. The number of nitrogens with zero attached hydrogens (tertiary/aromatic N) is 1. The summed E-state index contributed by atoms with van der Waals surface area (Å²) in [6, 6.07) is 8.15. The Balaban J connectivity index is 1.78. The predicted octanol–water partition coefficient (Wildman–Crippen LogP) is 2.90. The van der Waals surface area contributed by atoms with Crippen molar-refractivity contribution in [3.05, 3.63) is 34.7 Å². The summed E-state index contributed by atoms with van der Waals surface area (Å²) in [6.07, 6.45) is 0. The van der Waals surface area contributed by atoms with E-state index in [1.807, 2.05) is 19.1 Å². The molecule has 1 aliphatic heterocycles. The fourth-order valence-corrected chi connectivity index (χ4v) is 2.89. The van der Waals surface area contributed by atoms with Gasteiger partial charge in [0.15, 0.2) is 0 Å². The third-order valence-corrected chi connectivity index (χ3v) is 4.12. The Hall–Kier alpha value is -1.39. The number of nitrogens with one attached hydrogen (secondary N) is 1. The van der Waals surface area contributed by atoms with E-state index in [2.05, 4.69) is 22.8 Å². The summed E-state index contributed by atoms with van der Waals surface area (Å²) >= 11 is 1.76. The van der Waals surface area contributed by atoms with Crippen molar-refractivity contribution in [2.24, 2.45) is 0 Å². The molecule has 0 amide bonds. The van der Waals surface area contributed by atoms with Crippen LogP contribution < -0.4 is 10.1 Å². The lowest BCUT2D eigenvalue weighted by molar-refractivity contribution is 0.340. The fraction of sp³-hybridized carbons (Fsp3) is 0.357. The first-order chi connectivity index (χ1) is 8.86. The van der Waals surface area contributed by atoms with Crippen molar-refractivity contribution in [1.29, 1.82) is 0 Å². The van der Waals surface area contributed by atoms with Crippen LogP contribution in [0.4, 0.5) is 0 Å². The number of hydrogen-bond donors (Lipinski definition) is 1. The van der Waals surface area contributed by atoms with Crippen LogP contribution in [0, 0.1) is 0 Å². The largest absolute Gasteiger partial charge is 0.494 e. The third kappa shape index (κ3) is 2.26. The maximum absolute atomic E-state index is 5.44. The van der Waals surface area contributed by atoms with Gasteiger partial charge in [-0.25, -0.2) is 4.98 Å². The molecule has 0 atom stereocenters. The normalized spacial score (nSPS) is 15.4. The molecule has 0 saturated carbocycles. The van der Waals surface area contributed by atoms with Crippen molar-refractivity contribution in [3.8, 4) is 17.0 Å².